The van der Waals surface area contributed by atoms with E-state index in [2.05, 4.69) is 0 Å². The number of anilines is 1. The normalized spacial score (nSPS) is 14.8. The molecule has 0 bridgehead atoms. The van der Waals surface area contributed by atoms with Crippen molar-refractivity contribution >= 4 is 21.4 Å². The van der Waals surface area contributed by atoms with Crippen molar-refractivity contribution in [3.63, 3.8) is 0 Å². The number of hydrogen-bond donors (Lipinski definition) is 0. The van der Waals surface area contributed by atoms with E-state index in [4.69, 9.17) is 4.74 Å². The lowest BCUT2D eigenvalue weighted by atomic mass is 10.2. The Morgan fingerprint density at radius 2 is 1.82 bits per heavy atom. The summed E-state index contributed by atoms with van der Waals surface area (Å²) < 4.78 is 33.2. The minimum atomic E-state index is -3.80. The van der Waals surface area contributed by atoms with Crippen molar-refractivity contribution in [2.24, 2.45) is 0 Å². The number of likely N-dealkylation sites (N-methyl/N-ethyl adjacent to an activating group) is 1. The van der Waals surface area contributed by atoms with Gasteiger partial charge in [0.15, 0.2) is 0 Å². The third-order valence-corrected chi connectivity index (χ3v) is 6.61. The summed E-state index contributed by atoms with van der Waals surface area (Å²) in [5, 5.41) is 11.2. The first kappa shape index (κ1) is 20.1. The van der Waals surface area contributed by atoms with Crippen LogP contribution in [-0.2, 0) is 10.0 Å². The number of rotatable bonds is 8. The Morgan fingerprint density at radius 1 is 1.14 bits per heavy atom. The SMILES string of the molecule is CN(CCOc1ccccc1)c1ccc([N+](=O)[O-])cc1S(=O)(=O)N1CCCC1. The molecule has 2 aromatic rings. The van der Waals surface area contributed by atoms with E-state index in [1.807, 2.05) is 30.3 Å². The largest absolute Gasteiger partial charge is 0.492 e. The maximum atomic E-state index is 13.1. The topological polar surface area (TPSA) is 93.0 Å². The van der Waals surface area contributed by atoms with Gasteiger partial charge in [-0.1, -0.05) is 18.2 Å². The molecular weight excluding hydrogens is 382 g/mol. The number of ether oxygens (including phenoxy) is 1. The summed E-state index contributed by atoms with van der Waals surface area (Å²) >= 11 is 0. The van der Waals surface area contributed by atoms with Gasteiger partial charge in [0.25, 0.3) is 5.69 Å². The van der Waals surface area contributed by atoms with Crippen LogP contribution >= 0.6 is 0 Å². The Bertz CT molecular complexity index is 928. The zero-order valence-corrected chi connectivity index (χ0v) is 16.5. The van der Waals surface area contributed by atoms with Crippen LogP contribution in [0.1, 0.15) is 12.8 Å². The average molecular weight is 405 g/mol. The van der Waals surface area contributed by atoms with Crippen molar-refractivity contribution < 1.29 is 18.1 Å². The monoisotopic (exact) mass is 405 g/mol. The maximum absolute atomic E-state index is 13.1. The van der Waals surface area contributed by atoms with E-state index in [-0.39, 0.29) is 10.6 Å². The summed E-state index contributed by atoms with van der Waals surface area (Å²) in [4.78, 5) is 12.3. The Balaban J connectivity index is 1.83. The second-order valence-corrected chi connectivity index (χ2v) is 8.51. The van der Waals surface area contributed by atoms with Crippen LogP contribution in [0, 0.1) is 10.1 Å². The first-order valence-corrected chi connectivity index (χ1v) is 10.5. The fraction of sp³-hybridized carbons (Fsp3) is 0.368. The van der Waals surface area contributed by atoms with E-state index in [1.165, 1.54) is 16.4 Å². The van der Waals surface area contributed by atoms with Crippen LogP contribution in [0.4, 0.5) is 11.4 Å². The molecule has 1 saturated heterocycles. The third-order valence-electron chi connectivity index (χ3n) is 4.69. The molecule has 1 aliphatic heterocycles. The molecule has 9 heteroatoms. The molecule has 0 saturated carbocycles. The fourth-order valence-corrected chi connectivity index (χ4v) is 4.92. The number of nitro benzene ring substituents is 1. The minimum absolute atomic E-state index is 0.0363. The molecule has 3 rings (SSSR count). The van der Waals surface area contributed by atoms with Gasteiger partial charge in [-0.2, -0.15) is 4.31 Å². The smallest absolute Gasteiger partial charge is 0.270 e. The number of sulfonamides is 1. The zero-order valence-electron chi connectivity index (χ0n) is 15.7. The maximum Gasteiger partial charge on any atom is 0.270 e. The predicted molar refractivity (Wildman–Crippen MR) is 106 cm³/mol. The molecule has 0 radical (unpaired) electrons. The number of non-ortho nitro benzene ring substituents is 1. The van der Waals surface area contributed by atoms with Gasteiger partial charge in [0.05, 0.1) is 17.2 Å². The van der Waals surface area contributed by atoms with E-state index in [0.717, 1.165) is 24.7 Å². The number of benzene rings is 2. The van der Waals surface area contributed by atoms with Gasteiger partial charge in [-0.05, 0) is 31.0 Å². The molecule has 2 aromatic carbocycles. The lowest BCUT2D eigenvalue weighted by Gasteiger charge is -2.24. The van der Waals surface area contributed by atoms with Gasteiger partial charge >= 0.3 is 0 Å². The molecule has 0 amide bonds. The summed E-state index contributed by atoms with van der Waals surface area (Å²) in [5.74, 6) is 0.726. The number of nitro groups is 1. The lowest BCUT2D eigenvalue weighted by Crippen LogP contribution is -2.31. The van der Waals surface area contributed by atoms with E-state index in [9.17, 15) is 18.5 Å². The predicted octanol–water partition coefficient (Wildman–Crippen LogP) is 2.89. The van der Waals surface area contributed by atoms with Crippen LogP contribution in [0.3, 0.4) is 0 Å². The number of nitrogens with zero attached hydrogens (tertiary/aromatic N) is 3. The van der Waals surface area contributed by atoms with Crippen LogP contribution in [0.2, 0.25) is 0 Å². The zero-order chi connectivity index (χ0) is 20.1. The van der Waals surface area contributed by atoms with Crippen LogP contribution in [0.5, 0.6) is 5.75 Å². The summed E-state index contributed by atoms with van der Waals surface area (Å²) in [7, 11) is -2.05. The molecule has 28 heavy (non-hydrogen) atoms. The van der Waals surface area contributed by atoms with Gasteiger partial charge in [0, 0.05) is 32.3 Å². The highest BCUT2D eigenvalue weighted by atomic mass is 32.2. The van der Waals surface area contributed by atoms with Crippen molar-refractivity contribution in [1.29, 1.82) is 0 Å². The van der Waals surface area contributed by atoms with Crippen molar-refractivity contribution in [1.82, 2.24) is 4.31 Å². The standard InChI is InChI=1S/C19H23N3O5S/c1-20(13-14-27-17-7-3-2-4-8-17)18-10-9-16(22(23)24)15-19(18)28(25,26)21-11-5-6-12-21/h2-4,7-10,15H,5-6,11-14H2,1H3. The molecule has 8 nitrogen and oxygen atoms in total. The molecular formula is C19H23N3O5S. The molecule has 150 valence electrons. The second kappa shape index (κ2) is 8.57. The van der Waals surface area contributed by atoms with Crippen molar-refractivity contribution in [2.75, 3.05) is 38.2 Å². The second-order valence-electron chi connectivity index (χ2n) is 6.60. The molecule has 0 spiro atoms. The van der Waals surface area contributed by atoms with Crippen LogP contribution < -0.4 is 9.64 Å². The van der Waals surface area contributed by atoms with E-state index >= 15 is 0 Å². The fourth-order valence-electron chi connectivity index (χ4n) is 3.14. The van der Waals surface area contributed by atoms with Gasteiger partial charge in [-0.25, -0.2) is 8.42 Å². The summed E-state index contributed by atoms with van der Waals surface area (Å²) in [6.07, 6.45) is 1.59. The van der Waals surface area contributed by atoms with Gasteiger partial charge < -0.3 is 9.64 Å². The molecule has 1 fully saturated rings. The average Bonchev–Trinajstić information content (AvgIpc) is 3.24. The molecule has 0 unspecified atom stereocenters. The van der Waals surface area contributed by atoms with Gasteiger partial charge in [-0.15, -0.1) is 0 Å². The Hall–Kier alpha value is -2.65. The van der Waals surface area contributed by atoms with E-state index in [0.29, 0.717) is 31.9 Å². The molecule has 0 atom stereocenters. The number of para-hydroxylation sites is 1. The van der Waals surface area contributed by atoms with E-state index in [1.54, 1.807) is 11.9 Å². The highest BCUT2D eigenvalue weighted by Gasteiger charge is 2.31. The van der Waals surface area contributed by atoms with Gasteiger partial charge in [0.2, 0.25) is 10.0 Å². The Kier molecular flexibility index (Phi) is 6.15. The summed E-state index contributed by atoms with van der Waals surface area (Å²) in [5.41, 5.74) is 0.185. The Morgan fingerprint density at radius 3 is 2.46 bits per heavy atom. The van der Waals surface area contributed by atoms with Crippen molar-refractivity contribution in [3.8, 4) is 5.75 Å². The van der Waals surface area contributed by atoms with E-state index < -0.39 is 14.9 Å². The lowest BCUT2D eigenvalue weighted by molar-refractivity contribution is -0.385. The van der Waals surface area contributed by atoms with Crippen molar-refractivity contribution in [3.05, 3.63) is 58.6 Å². The first-order chi connectivity index (χ1) is 13.4. The van der Waals surface area contributed by atoms with Crippen LogP contribution in [0.25, 0.3) is 0 Å². The summed E-state index contributed by atoms with van der Waals surface area (Å²) in [6, 6.07) is 13.3. The van der Waals surface area contributed by atoms with Gasteiger partial charge in [-0.3, -0.25) is 10.1 Å². The minimum Gasteiger partial charge on any atom is -0.492 e. The molecule has 0 aliphatic carbocycles. The Labute approximate surface area is 164 Å². The third kappa shape index (κ3) is 4.42. The van der Waals surface area contributed by atoms with Crippen LogP contribution in [-0.4, -0.2) is 50.9 Å². The number of hydrogen-bond acceptors (Lipinski definition) is 6. The highest BCUT2D eigenvalue weighted by Crippen LogP contribution is 2.32. The summed E-state index contributed by atoms with van der Waals surface area (Å²) in [6.45, 7) is 1.65. The first-order valence-electron chi connectivity index (χ1n) is 9.07. The van der Waals surface area contributed by atoms with Crippen LogP contribution in [0.15, 0.2) is 53.4 Å². The quantitative estimate of drug-likeness (QED) is 0.495. The highest BCUT2D eigenvalue weighted by molar-refractivity contribution is 7.89. The van der Waals surface area contributed by atoms with Crippen molar-refractivity contribution in [2.45, 2.75) is 17.7 Å². The molecule has 0 aromatic heterocycles. The molecule has 0 N–H and O–H groups in total. The van der Waals surface area contributed by atoms with Gasteiger partial charge in [0.1, 0.15) is 17.3 Å². The molecule has 1 heterocycles. The molecule has 1 aliphatic rings.